The molecule has 0 radical (unpaired) electrons. The Morgan fingerprint density at radius 1 is 1.19 bits per heavy atom. The molecule has 1 saturated heterocycles. The second-order valence-corrected chi connectivity index (χ2v) is 7.70. The average Bonchev–Trinajstić information content (AvgIpc) is 2.78. The second kappa shape index (κ2) is 7.23. The van der Waals surface area contributed by atoms with Gasteiger partial charge in [-0.2, -0.15) is 0 Å². The topological polar surface area (TPSA) is 46.6 Å². The molecule has 0 bridgehead atoms. The minimum atomic E-state index is -0.956. The van der Waals surface area contributed by atoms with Gasteiger partial charge in [-0.15, -0.1) is 5.92 Å². The first-order valence-electron chi connectivity index (χ1n) is 8.62. The van der Waals surface area contributed by atoms with Gasteiger partial charge in [0.2, 0.25) is 5.91 Å². The van der Waals surface area contributed by atoms with Crippen molar-refractivity contribution < 1.29 is 14.3 Å². The molecule has 1 aliphatic carbocycles. The maximum Gasteiger partial charge on any atom is 0.238 e. The van der Waals surface area contributed by atoms with Gasteiger partial charge in [0.05, 0.1) is 6.10 Å². The Hall–Kier alpha value is -1.54. The summed E-state index contributed by atoms with van der Waals surface area (Å²) in [6.45, 7) is 1.72. The molecular formula is C20H21Cl2NO3. The number of nitrogens with zero attached hydrogens (tertiary/aromatic N) is 1. The molecule has 6 heteroatoms. The van der Waals surface area contributed by atoms with Crippen molar-refractivity contribution in [1.29, 1.82) is 0 Å². The van der Waals surface area contributed by atoms with Gasteiger partial charge in [-0.1, -0.05) is 29.1 Å². The number of hydrogen-bond donors (Lipinski definition) is 0. The fraction of sp³-hybridized carbons (Fsp3) is 0.500. The molecule has 1 aliphatic heterocycles. The van der Waals surface area contributed by atoms with Crippen molar-refractivity contribution in [3.8, 4) is 11.8 Å². The van der Waals surface area contributed by atoms with E-state index in [2.05, 4.69) is 11.8 Å². The van der Waals surface area contributed by atoms with Gasteiger partial charge < -0.3 is 9.64 Å². The minimum absolute atomic E-state index is 0.113. The van der Waals surface area contributed by atoms with Crippen molar-refractivity contribution in [2.75, 3.05) is 14.2 Å². The smallest absolute Gasteiger partial charge is 0.238 e. The summed E-state index contributed by atoms with van der Waals surface area (Å²) in [6, 6.07) is 3.32. The highest BCUT2D eigenvalue weighted by molar-refractivity contribution is 6.38. The number of ether oxygens (including phenoxy) is 1. The predicted molar refractivity (Wildman–Crippen MR) is 102 cm³/mol. The summed E-state index contributed by atoms with van der Waals surface area (Å²) in [5.74, 6) is 4.36. The SMILES string of the molecule is CC#Cc1cc(Cl)c(C2C(=O)N(C)C3(CCC(OC)CC3)C2=O)c(Cl)c1. The summed E-state index contributed by atoms with van der Waals surface area (Å²) in [4.78, 5) is 27.9. The normalized spacial score (nSPS) is 28.4. The van der Waals surface area contributed by atoms with Gasteiger partial charge >= 0.3 is 0 Å². The van der Waals surface area contributed by atoms with Crippen LogP contribution >= 0.6 is 23.2 Å². The highest BCUT2D eigenvalue weighted by atomic mass is 35.5. The second-order valence-electron chi connectivity index (χ2n) is 6.89. The Balaban J connectivity index is 2.01. The van der Waals surface area contributed by atoms with E-state index in [1.165, 1.54) is 0 Å². The van der Waals surface area contributed by atoms with Crippen LogP contribution in [0.2, 0.25) is 10.0 Å². The Bertz CT molecular complexity index is 793. The van der Waals surface area contributed by atoms with E-state index in [1.54, 1.807) is 38.1 Å². The van der Waals surface area contributed by atoms with Crippen molar-refractivity contribution in [2.45, 2.75) is 50.2 Å². The van der Waals surface area contributed by atoms with Crippen molar-refractivity contribution in [3.05, 3.63) is 33.3 Å². The molecule has 1 spiro atoms. The van der Waals surface area contributed by atoms with E-state index in [0.29, 0.717) is 34.0 Å². The van der Waals surface area contributed by atoms with Gasteiger partial charge in [0.25, 0.3) is 0 Å². The lowest BCUT2D eigenvalue weighted by atomic mass is 9.75. The third-order valence-electron chi connectivity index (χ3n) is 5.67. The minimum Gasteiger partial charge on any atom is -0.381 e. The first kappa shape index (κ1) is 19.2. The highest BCUT2D eigenvalue weighted by Gasteiger charge is 2.58. The van der Waals surface area contributed by atoms with Gasteiger partial charge in [-0.3, -0.25) is 9.59 Å². The molecule has 1 unspecified atom stereocenters. The average molecular weight is 394 g/mol. The molecule has 3 rings (SSSR count). The summed E-state index contributed by atoms with van der Waals surface area (Å²) in [7, 11) is 3.38. The van der Waals surface area contributed by atoms with Gasteiger partial charge in [0.1, 0.15) is 11.5 Å². The molecule has 138 valence electrons. The summed E-state index contributed by atoms with van der Waals surface area (Å²) in [5.41, 5.74) is 0.265. The van der Waals surface area contributed by atoms with Crippen LogP contribution in [-0.2, 0) is 14.3 Å². The van der Waals surface area contributed by atoms with Gasteiger partial charge in [-0.25, -0.2) is 0 Å². The number of amides is 1. The maximum absolute atomic E-state index is 13.4. The Kier molecular flexibility index (Phi) is 5.35. The highest BCUT2D eigenvalue weighted by Crippen LogP contribution is 2.47. The number of likely N-dealkylation sites (N-methyl/N-ethyl adjacent to an activating group) is 1. The molecular weight excluding hydrogens is 373 g/mol. The molecule has 1 saturated carbocycles. The summed E-state index contributed by atoms with van der Waals surface area (Å²) in [6.07, 6.45) is 2.82. The number of rotatable bonds is 2. The molecule has 1 aromatic rings. The fourth-order valence-electron chi connectivity index (χ4n) is 4.17. The lowest BCUT2D eigenvalue weighted by Crippen LogP contribution is -2.51. The number of benzene rings is 1. The van der Waals surface area contributed by atoms with E-state index >= 15 is 0 Å². The van der Waals surface area contributed by atoms with Crippen LogP contribution in [0.15, 0.2) is 12.1 Å². The van der Waals surface area contributed by atoms with Crippen LogP contribution in [0.1, 0.15) is 49.7 Å². The summed E-state index contributed by atoms with van der Waals surface area (Å²) >= 11 is 12.8. The van der Waals surface area contributed by atoms with Crippen LogP contribution in [0, 0.1) is 11.8 Å². The number of halogens is 2. The van der Waals surface area contributed by atoms with E-state index in [1.807, 2.05) is 0 Å². The molecule has 0 N–H and O–H groups in total. The zero-order valence-electron chi connectivity index (χ0n) is 15.1. The Morgan fingerprint density at radius 3 is 2.27 bits per heavy atom. The Morgan fingerprint density at radius 2 is 1.77 bits per heavy atom. The largest absolute Gasteiger partial charge is 0.381 e. The monoisotopic (exact) mass is 393 g/mol. The number of Topliss-reactive ketones (excluding diaryl/α,β-unsaturated/α-hetero) is 1. The molecule has 1 atom stereocenters. The Labute approximate surface area is 163 Å². The van der Waals surface area contributed by atoms with Crippen molar-refractivity contribution >= 4 is 34.9 Å². The predicted octanol–water partition coefficient (Wildman–Crippen LogP) is 3.82. The van der Waals surface area contributed by atoms with Crippen LogP contribution in [0.3, 0.4) is 0 Å². The number of methoxy groups -OCH3 is 1. The van der Waals surface area contributed by atoms with E-state index in [0.717, 1.165) is 12.8 Å². The van der Waals surface area contributed by atoms with Crippen LogP contribution in [0.5, 0.6) is 0 Å². The van der Waals surface area contributed by atoms with Gasteiger partial charge in [0.15, 0.2) is 5.78 Å². The van der Waals surface area contributed by atoms with Crippen molar-refractivity contribution in [1.82, 2.24) is 4.90 Å². The summed E-state index contributed by atoms with van der Waals surface area (Å²) in [5, 5.41) is 0.607. The molecule has 0 aromatic heterocycles. The van der Waals surface area contributed by atoms with E-state index in [-0.39, 0.29) is 17.8 Å². The van der Waals surface area contributed by atoms with Crippen LogP contribution in [0.4, 0.5) is 0 Å². The third-order valence-corrected chi connectivity index (χ3v) is 6.30. The number of likely N-dealkylation sites (tertiary alicyclic amines) is 1. The van der Waals surface area contributed by atoms with Gasteiger partial charge in [-0.05, 0) is 44.7 Å². The molecule has 2 aliphatic rings. The summed E-state index contributed by atoms with van der Waals surface area (Å²) < 4.78 is 5.41. The van der Waals surface area contributed by atoms with Crippen LogP contribution in [0.25, 0.3) is 0 Å². The van der Waals surface area contributed by atoms with Crippen LogP contribution < -0.4 is 0 Å². The molecule has 1 amide bonds. The lowest BCUT2D eigenvalue weighted by Gasteiger charge is -2.40. The van der Waals surface area contributed by atoms with Crippen molar-refractivity contribution in [3.63, 3.8) is 0 Å². The van der Waals surface area contributed by atoms with Crippen molar-refractivity contribution in [2.24, 2.45) is 0 Å². The van der Waals surface area contributed by atoms with Crippen LogP contribution in [-0.4, -0.2) is 42.4 Å². The zero-order chi connectivity index (χ0) is 19.1. The van der Waals surface area contributed by atoms with E-state index in [4.69, 9.17) is 27.9 Å². The fourth-order valence-corrected chi connectivity index (χ4v) is 4.87. The van der Waals surface area contributed by atoms with E-state index in [9.17, 15) is 9.59 Å². The maximum atomic E-state index is 13.4. The number of carbonyl (C=O) groups is 2. The first-order chi connectivity index (χ1) is 12.4. The first-order valence-corrected chi connectivity index (χ1v) is 9.37. The standard InChI is InChI=1S/C20H21Cl2NO3/c1-4-5-12-10-14(21)16(15(22)11-12)17-18(24)20(23(2)19(17)25)8-6-13(26-3)7-9-20/h10-11,13,17H,6-9H2,1-3H3. The zero-order valence-corrected chi connectivity index (χ0v) is 16.6. The third kappa shape index (κ3) is 2.93. The molecule has 26 heavy (non-hydrogen) atoms. The number of hydrogen-bond acceptors (Lipinski definition) is 3. The molecule has 4 nitrogen and oxygen atoms in total. The molecule has 1 aromatic carbocycles. The number of carbonyl (C=O) groups excluding carboxylic acids is 2. The molecule has 1 heterocycles. The van der Waals surface area contributed by atoms with Gasteiger partial charge in [0, 0.05) is 35.3 Å². The molecule has 2 fully saturated rings. The lowest BCUT2D eigenvalue weighted by molar-refractivity contribution is -0.134. The number of ketones is 1. The van der Waals surface area contributed by atoms with E-state index < -0.39 is 11.5 Å². The quantitative estimate of drug-likeness (QED) is 0.566.